The largest absolute Gasteiger partial charge is 0.493 e. The molecule has 0 fully saturated rings. The van der Waals surface area contributed by atoms with Gasteiger partial charge in [-0.1, -0.05) is 12.1 Å². The molecule has 0 spiro atoms. The van der Waals surface area contributed by atoms with Crippen molar-refractivity contribution in [1.82, 2.24) is 10.6 Å². The number of carbonyl (C=O) groups excluding carboxylic acids is 2. The van der Waals surface area contributed by atoms with E-state index < -0.39 is 0 Å². The zero-order chi connectivity index (χ0) is 16.6. The molecule has 0 aliphatic heterocycles. The average Bonchev–Trinajstić information content (AvgIpc) is 2.44. The van der Waals surface area contributed by atoms with Crippen LogP contribution in [0.5, 0.6) is 11.5 Å². The predicted octanol–water partition coefficient (Wildman–Crippen LogP) is 1.49. The Morgan fingerprint density at radius 2 is 1.73 bits per heavy atom. The molecule has 22 heavy (non-hydrogen) atoms. The van der Waals surface area contributed by atoms with Crippen LogP contribution in [0.1, 0.15) is 27.2 Å². The smallest absolute Gasteiger partial charge is 0.239 e. The van der Waals surface area contributed by atoms with E-state index in [4.69, 9.17) is 9.47 Å². The fourth-order valence-electron chi connectivity index (χ4n) is 1.72. The Balaban J connectivity index is 2.28. The third-order valence-electron chi connectivity index (χ3n) is 2.62. The van der Waals surface area contributed by atoms with E-state index in [-0.39, 0.29) is 36.9 Å². The molecule has 122 valence electrons. The van der Waals surface area contributed by atoms with Gasteiger partial charge in [0.2, 0.25) is 11.8 Å². The van der Waals surface area contributed by atoms with E-state index in [1.165, 1.54) is 0 Å². The second kappa shape index (κ2) is 8.26. The molecule has 1 rings (SSSR count). The van der Waals surface area contributed by atoms with Crippen molar-refractivity contribution in [3.8, 4) is 11.5 Å². The molecule has 1 aromatic carbocycles. The molecule has 0 aromatic heterocycles. The Labute approximate surface area is 131 Å². The second-order valence-electron chi connectivity index (χ2n) is 5.82. The number of carbonyl (C=O) groups is 2. The summed E-state index contributed by atoms with van der Waals surface area (Å²) in [6.45, 7) is 5.83. The molecule has 0 heterocycles. The van der Waals surface area contributed by atoms with Crippen molar-refractivity contribution in [2.45, 2.75) is 32.7 Å². The van der Waals surface area contributed by atoms with E-state index >= 15 is 0 Å². The van der Waals surface area contributed by atoms with Gasteiger partial charge in [-0.3, -0.25) is 9.59 Å². The van der Waals surface area contributed by atoms with E-state index in [1.54, 1.807) is 19.2 Å². The van der Waals surface area contributed by atoms with Gasteiger partial charge in [-0.25, -0.2) is 0 Å². The maximum atomic E-state index is 11.7. The lowest BCUT2D eigenvalue weighted by Gasteiger charge is -2.20. The summed E-state index contributed by atoms with van der Waals surface area (Å²) >= 11 is 0. The normalized spacial score (nSPS) is 10.7. The van der Waals surface area contributed by atoms with Gasteiger partial charge >= 0.3 is 0 Å². The van der Waals surface area contributed by atoms with Gasteiger partial charge in [0.1, 0.15) is 0 Å². The standard InChI is InChI=1S/C16H24N2O4/c1-16(2,3)18-15(20)11-17-14(19)9-10-22-13-8-6-5-7-12(13)21-4/h5-8H,9-11H2,1-4H3,(H,17,19)(H,18,20). The zero-order valence-electron chi connectivity index (χ0n) is 13.6. The number of methoxy groups -OCH3 is 1. The fraction of sp³-hybridized carbons (Fsp3) is 0.500. The number of hydrogen-bond acceptors (Lipinski definition) is 4. The summed E-state index contributed by atoms with van der Waals surface area (Å²) < 4.78 is 10.6. The Morgan fingerprint density at radius 3 is 2.32 bits per heavy atom. The van der Waals surface area contributed by atoms with E-state index in [2.05, 4.69) is 10.6 Å². The summed E-state index contributed by atoms with van der Waals surface area (Å²) in [5.74, 6) is 0.751. The molecular weight excluding hydrogens is 284 g/mol. The van der Waals surface area contributed by atoms with Crippen LogP contribution in [0.15, 0.2) is 24.3 Å². The van der Waals surface area contributed by atoms with Crippen molar-refractivity contribution >= 4 is 11.8 Å². The Hall–Kier alpha value is -2.24. The van der Waals surface area contributed by atoms with Crippen LogP contribution in [-0.4, -0.2) is 37.6 Å². The van der Waals surface area contributed by atoms with Crippen LogP contribution in [0.4, 0.5) is 0 Å². The highest BCUT2D eigenvalue weighted by atomic mass is 16.5. The first-order valence-corrected chi connectivity index (χ1v) is 7.15. The Kier molecular flexibility index (Phi) is 6.69. The quantitative estimate of drug-likeness (QED) is 0.800. The summed E-state index contributed by atoms with van der Waals surface area (Å²) in [7, 11) is 1.56. The van der Waals surface area contributed by atoms with Crippen molar-refractivity contribution in [2.24, 2.45) is 0 Å². The third kappa shape index (κ3) is 6.97. The topological polar surface area (TPSA) is 76.7 Å². The van der Waals surface area contributed by atoms with E-state index in [1.807, 2.05) is 32.9 Å². The van der Waals surface area contributed by atoms with E-state index in [0.29, 0.717) is 11.5 Å². The highest BCUT2D eigenvalue weighted by Crippen LogP contribution is 2.25. The van der Waals surface area contributed by atoms with E-state index in [0.717, 1.165) is 0 Å². The summed E-state index contributed by atoms with van der Waals surface area (Å²) in [5.41, 5.74) is -0.311. The second-order valence-corrected chi connectivity index (χ2v) is 5.82. The molecule has 0 saturated heterocycles. The SMILES string of the molecule is COc1ccccc1OCCC(=O)NCC(=O)NC(C)(C)C. The molecule has 2 N–H and O–H groups in total. The van der Waals surface area contributed by atoms with Crippen LogP contribution in [-0.2, 0) is 9.59 Å². The molecule has 0 unspecified atom stereocenters. The average molecular weight is 308 g/mol. The number of hydrogen-bond donors (Lipinski definition) is 2. The summed E-state index contributed by atoms with van der Waals surface area (Å²) in [6, 6.07) is 7.22. The summed E-state index contributed by atoms with van der Waals surface area (Å²) in [6.07, 6.45) is 0.168. The first-order chi connectivity index (χ1) is 10.3. The number of ether oxygens (including phenoxy) is 2. The highest BCUT2D eigenvalue weighted by molar-refractivity contribution is 5.85. The van der Waals surface area contributed by atoms with Crippen molar-refractivity contribution in [3.63, 3.8) is 0 Å². The number of para-hydroxylation sites is 2. The number of amides is 2. The van der Waals surface area contributed by atoms with Crippen LogP contribution >= 0.6 is 0 Å². The molecule has 0 aliphatic carbocycles. The minimum atomic E-state index is -0.311. The number of rotatable bonds is 7. The van der Waals surface area contributed by atoms with Gasteiger partial charge in [0.25, 0.3) is 0 Å². The van der Waals surface area contributed by atoms with Crippen molar-refractivity contribution < 1.29 is 19.1 Å². The van der Waals surface area contributed by atoms with Gasteiger partial charge in [0.05, 0.1) is 26.7 Å². The minimum Gasteiger partial charge on any atom is -0.493 e. The Morgan fingerprint density at radius 1 is 1.09 bits per heavy atom. The lowest BCUT2D eigenvalue weighted by Crippen LogP contribution is -2.45. The molecule has 0 aliphatic rings. The molecular formula is C16H24N2O4. The lowest BCUT2D eigenvalue weighted by molar-refractivity contribution is -0.127. The molecule has 2 amide bonds. The van der Waals surface area contributed by atoms with Gasteiger partial charge in [0, 0.05) is 5.54 Å². The molecule has 6 heteroatoms. The van der Waals surface area contributed by atoms with Crippen LogP contribution in [0.3, 0.4) is 0 Å². The molecule has 0 radical (unpaired) electrons. The molecule has 0 bridgehead atoms. The Bertz CT molecular complexity index is 509. The van der Waals surface area contributed by atoms with Gasteiger partial charge in [0.15, 0.2) is 11.5 Å². The highest BCUT2D eigenvalue weighted by Gasteiger charge is 2.14. The predicted molar refractivity (Wildman–Crippen MR) is 84.0 cm³/mol. The van der Waals surface area contributed by atoms with E-state index in [9.17, 15) is 9.59 Å². The first kappa shape index (κ1) is 17.8. The van der Waals surface area contributed by atoms with Gasteiger partial charge in [-0.05, 0) is 32.9 Å². The molecule has 1 aromatic rings. The van der Waals surface area contributed by atoms with Gasteiger partial charge in [-0.2, -0.15) is 0 Å². The van der Waals surface area contributed by atoms with Crippen molar-refractivity contribution in [2.75, 3.05) is 20.3 Å². The summed E-state index contributed by atoms with van der Waals surface area (Å²) in [4.78, 5) is 23.2. The lowest BCUT2D eigenvalue weighted by atomic mass is 10.1. The number of nitrogens with one attached hydrogen (secondary N) is 2. The number of benzene rings is 1. The zero-order valence-corrected chi connectivity index (χ0v) is 13.6. The van der Waals surface area contributed by atoms with Crippen molar-refractivity contribution in [1.29, 1.82) is 0 Å². The van der Waals surface area contributed by atoms with Crippen LogP contribution in [0.25, 0.3) is 0 Å². The summed E-state index contributed by atoms with van der Waals surface area (Å²) in [5, 5.41) is 5.33. The molecule has 0 saturated carbocycles. The maximum absolute atomic E-state index is 11.7. The fourth-order valence-corrected chi connectivity index (χ4v) is 1.72. The first-order valence-electron chi connectivity index (χ1n) is 7.15. The van der Waals surface area contributed by atoms with Gasteiger partial charge < -0.3 is 20.1 Å². The van der Waals surface area contributed by atoms with Gasteiger partial charge in [-0.15, -0.1) is 0 Å². The molecule has 6 nitrogen and oxygen atoms in total. The minimum absolute atomic E-state index is 0.0369. The molecule has 0 atom stereocenters. The monoisotopic (exact) mass is 308 g/mol. The van der Waals surface area contributed by atoms with Crippen LogP contribution in [0, 0.1) is 0 Å². The van der Waals surface area contributed by atoms with Crippen LogP contribution in [0.2, 0.25) is 0 Å². The van der Waals surface area contributed by atoms with Crippen LogP contribution < -0.4 is 20.1 Å². The third-order valence-corrected chi connectivity index (χ3v) is 2.62. The maximum Gasteiger partial charge on any atom is 0.239 e. The van der Waals surface area contributed by atoms with Crippen molar-refractivity contribution in [3.05, 3.63) is 24.3 Å².